The van der Waals surface area contributed by atoms with Gasteiger partial charge in [-0.3, -0.25) is 0 Å². The quantitative estimate of drug-likeness (QED) is 0.858. The molecule has 1 unspecified atom stereocenters. The predicted molar refractivity (Wildman–Crippen MR) is 80.0 cm³/mol. The lowest BCUT2D eigenvalue weighted by Gasteiger charge is -2.18. The van der Waals surface area contributed by atoms with Gasteiger partial charge >= 0.3 is 0 Å². The fourth-order valence-electron chi connectivity index (χ4n) is 2.13. The van der Waals surface area contributed by atoms with E-state index in [0.717, 1.165) is 34.7 Å². The van der Waals surface area contributed by atoms with Crippen LogP contribution in [-0.2, 0) is 6.42 Å². The van der Waals surface area contributed by atoms with Crippen molar-refractivity contribution in [2.24, 2.45) is 0 Å². The van der Waals surface area contributed by atoms with E-state index < -0.39 is 0 Å². The third-order valence-electron chi connectivity index (χ3n) is 3.10. The highest BCUT2D eigenvalue weighted by atomic mass is 35.5. The van der Waals surface area contributed by atoms with Crippen LogP contribution in [-0.4, -0.2) is 6.54 Å². The third kappa shape index (κ3) is 3.53. The monoisotopic (exact) mass is 297 g/mol. The van der Waals surface area contributed by atoms with Gasteiger partial charge < -0.3 is 9.73 Å². The molecule has 0 saturated carbocycles. The molecule has 2 aromatic rings. The van der Waals surface area contributed by atoms with Gasteiger partial charge in [-0.25, -0.2) is 0 Å². The molecule has 0 aliphatic rings. The Kier molecular flexibility index (Phi) is 4.92. The lowest BCUT2D eigenvalue weighted by Crippen LogP contribution is -2.22. The fraction of sp³-hybridized carbons (Fsp3) is 0.333. The van der Waals surface area contributed by atoms with E-state index >= 15 is 0 Å². The molecule has 0 aliphatic carbocycles. The van der Waals surface area contributed by atoms with Gasteiger partial charge in [0.2, 0.25) is 0 Å². The van der Waals surface area contributed by atoms with Crippen LogP contribution in [0, 0.1) is 6.92 Å². The van der Waals surface area contributed by atoms with E-state index in [0.29, 0.717) is 5.22 Å². The number of halogens is 2. The van der Waals surface area contributed by atoms with Crippen LogP contribution in [0.25, 0.3) is 0 Å². The SMILES string of the molecule is CCNC(Cc1ccc(C)cc1Cl)c1ccoc1Cl. The van der Waals surface area contributed by atoms with E-state index in [1.807, 2.05) is 19.1 Å². The molecule has 19 heavy (non-hydrogen) atoms. The Morgan fingerprint density at radius 2 is 2.05 bits per heavy atom. The largest absolute Gasteiger partial charge is 0.453 e. The molecule has 1 N–H and O–H groups in total. The van der Waals surface area contributed by atoms with Crippen molar-refractivity contribution in [3.63, 3.8) is 0 Å². The summed E-state index contributed by atoms with van der Waals surface area (Å²) in [7, 11) is 0. The maximum absolute atomic E-state index is 6.29. The molecule has 0 radical (unpaired) electrons. The van der Waals surface area contributed by atoms with Gasteiger partial charge in [-0.15, -0.1) is 0 Å². The van der Waals surface area contributed by atoms with Crippen LogP contribution in [0.15, 0.2) is 34.9 Å². The lowest BCUT2D eigenvalue weighted by atomic mass is 10.00. The Balaban J connectivity index is 2.24. The van der Waals surface area contributed by atoms with E-state index in [4.69, 9.17) is 27.6 Å². The van der Waals surface area contributed by atoms with E-state index in [1.165, 1.54) is 0 Å². The van der Waals surface area contributed by atoms with Crippen LogP contribution >= 0.6 is 23.2 Å². The summed E-state index contributed by atoms with van der Waals surface area (Å²) in [6, 6.07) is 8.13. The van der Waals surface area contributed by atoms with Crippen molar-refractivity contribution < 1.29 is 4.42 Å². The summed E-state index contributed by atoms with van der Waals surface area (Å²) in [6.07, 6.45) is 2.39. The summed E-state index contributed by atoms with van der Waals surface area (Å²) < 4.78 is 5.17. The average molecular weight is 298 g/mol. The smallest absolute Gasteiger partial charge is 0.197 e. The Hall–Kier alpha value is -0.960. The van der Waals surface area contributed by atoms with Gasteiger partial charge in [-0.1, -0.05) is 30.7 Å². The zero-order valence-electron chi connectivity index (χ0n) is 11.0. The highest BCUT2D eigenvalue weighted by molar-refractivity contribution is 6.31. The van der Waals surface area contributed by atoms with Crippen molar-refractivity contribution in [3.8, 4) is 0 Å². The fourth-order valence-corrected chi connectivity index (χ4v) is 2.69. The first-order valence-corrected chi connectivity index (χ1v) is 7.08. The van der Waals surface area contributed by atoms with Crippen molar-refractivity contribution in [2.45, 2.75) is 26.3 Å². The summed E-state index contributed by atoms with van der Waals surface area (Å²) in [5.41, 5.74) is 3.24. The Morgan fingerprint density at radius 3 is 2.63 bits per heavy atom. The number of benzene rings is 1. The normalized spacial score (nSPS) is 12.6. The van der Waals surface area contributed by atoms with Crippen LogP contribution in [0.2, 0.25) is 10.2 Å². The van der Waals surface area contributed by atoms with Gasteiger partial charge in [0.05, 0.1) is 6.26 Å². The second-order valence-electron chi connectivity index (χ2n) is 4.56. The molecule has 0 amide bonds. The molecular weight excluding hydrogens is 281 g/mol. The van der Waals surface area contributed by atoms with Gasteiger partial charge in [0.25, 0.3) is 0 Å². The van der Waals surface area contributed by atoms with Crippen molar-refractivity contribution in [3.05, 3.63) is 57.5 Å². The molecule has 102 valence electrons. The summed E-state index contributed by atoms with van der Waals surface area (Å²) in [5, 5.41) is 4.65. The number of nitrogens with one attached hydrogen (secondary N) is 1. The molecule has 1 atom stereocenters. The maximum atomic E-state index is 6.29. The van der Waals surface area contributed by atoms with E-state index in [-0.39, 0.29) is 6.04 Å². The Labute approximate surface area is 123 Å². The number of hydrogen-bond acceptors (Lipinski definition) is 2. The Bertz CT molecular complexity index is 551. The molecule has 4 heteroatoms. The molecule has 0 bridgehead atoms. The first-order valence-electron chi connectivity index (χ1n) is 6.33. The summed E-state index contributed by atoms with van der Waals surface area (Å²) >= 11 is 12.4. The number of furan rings is 1. The van der Waals surface area contributed by atoms with Crippen molar-refractivity contribution >= 4 is 23.2 Å². The third-order valence-corrected chi connectivity index (χ3v) is 3.76. The van der Waals surface area contributed by atoms with Gasteiger partial charge in [-0.2, -0.15) is 0 Å². The zero-order valence-corrected chi connectivity index (χ0v) is 12.6. The Morgan fingerprint density at radius 1 is 1.26 bits per heavy atom. The molecule has 1 heterocycles. The second-order valence-corrected chi connectivity index (χ2v) is 5.31. The number of hydrogen-bond donors (Lipinski definition) is 1. The van der Waals surface area contributed by atoms with Crippen molar-refractivity contribution in [2.75, 3.05) is 6.54 Å². The molecule has 2 nitrogen and oxygen atoms in total. The van der Waals surface area contributed by atoms with Gasteiger partial charge in [0.1, 0.15) is 0 Å². The molecule has 0 fully saturated rings. The van der Waals surface area contributed by atoms with E-state index in [9.17, 15) is 0 Å². The molecule has 1 aromatic carbocycles. The number of aryl methyl sites for hydroxylation is 1. The number of likely N-dealkylation sites (N-methyl/N-ethyl adjacent to an activating group) is 1. The average Bonchev–Trinajstić information content (AvgIpc) is 2.78. The molecule has 0 spiro atoms. The number of rotatable bonds is 5. The van der Waals surface area contributed by atoms with Gasteiger partial charge in [0.15, 0.2) is 5.22 Å². The standard InChI is InChI=1S/C15H17Cl2NO/c1-3-18-14(12-6-7-19-15(12)17)9-11-5-4-10(2)8-13(11)16/h4-8,14,18H,3,9H2,1-2H3. The molecule has 1 aromatic heterocycles. The first kappa shape index (κ1) is 14.4. The minimum atomic E-state index is 0.108. The summed E-state index contributed by atoms with van der Waals surface area (Å²) in [4.78, 5) is 0. The van der Waals surface area contributed by atoms with Crippen LogP contribution in [0.5, 0.6) is 0 Å². The van der Waals surface area contributed by atoms with E-state index in [2.05, 4.69) is 24.4 Å². The highest BCUT2D eigenvalue weighted by Gasteiger charge is 2.17. The van der Waals surface area contributed by atoms with Crippen molar-refractivity contribution in [1.82, 2.24) is 5.32 Å². The van der Waals surface area contributed by atoms with Crippen LogP contribution in [0.1, 0.15) is 29.7 Å². The molecule has 2 rings (SSSR count). The highest BCUT2D eigenvalue weighted by Crippen LogP contribution is 2.29. The molecule has 0 saturated heterocycles. The lowest BCUT2D eigenvalue weighted by molar-refractivity contribution is 0.526. The minimum Gasteiger partial charge on any atom is -0.453 e. The summed E-state index contributed by atoms with van der Waals surface area (Å²) in [6.45, 7) is 4.96. The molecular formula is C15H17Cl2NO. The van der Waals surface area contributed by atoms with Crippen LogP contribution < -0.4 is 5.32 Å². The van der Waals surface area contributed by atoms with Crippen LogP contribution in [0.4, 0.5) is 0 Å². The molecule has 0 aliphatic heterocycles. The topological polar surface area (TPSA) is 25.2 Å². The first-order chi connectivity index (χ1) is 9.11. The van der Waals surface area contributed by atoms with E-state index in [1.54, 1.807) is 6.26 Å². The zero-order chi connectivity index (χ0) is 13.8. The predicted octanol–water partition coefficient (Wildman–Crippen LogP) is 4.79. The van der Waals surface area contributed by atoms with Gasteiger partial charge in [-0.05, 0) is 54.7 Å². The summed E-state index contributed by atoms with van der Waals surface area (Å²) in [5.74, 6) is 0. The maximum Gasteiger partial charge on any atom is 0.197 e. The van der Waals surface area contributed by atoms with Crippen LogP contribution in [0.3, 0.4) is 0 Å². The second kappa shape index (κ2) is 6.47. The van der Waals surface area contributed by atoms with Gasteiger partial charge in [0, 0.05) is 16.6 Å². The minimum absolute atomic E-state index is 0.108. The van der Waals surface area contributed by atoms with Crippen molar-refractivity contribution in [1.29, 1.82) is 0 Å².